The summed E-state index contributed by atoms with van der Waals surface area (Å²) in [5.74, 6) is 0.319. The Morgan fingerprint density at radius 3 is 2.81 bits per heavy atom. The van der Waals surface area contributed by atoms with Gasteiger partial charge in [-0.05, 0) is 18.2 Å². The van der Waals surface area contributed by atoms with Crippen LogP contribution >= 0.6 is 0 Å². The summed E-state index contributed by atoms with van der Waals surface area (Å²) < 4.78 is 5.14. The molecule has 4 heteroatoms. The summed E-state index contributed by atoms with van der Waals surface area (Å²) in [5.41, 5.74) is 7.26. The van der Waals surface area contributed by atoms with Crippen molar-refractivity contribution in [2.75, 3.05) is 12.8 Å². The van der Waals surface area contributed by atoms with Gasteiger partial charge in [-0.1, -0.05) is 6.07 Å². The van der Waals surface area contributed by atoms with Crippen LogP contribution in [0.1, 0.15) is 15.9 Å². The molecule has 82 valence electrons. The highest BCUT2D eigenvalue weighted by Crippen LogP contribution is 2.27. The number of carbonyl (C=O) groups excluding carboxylic acids is 1. The summed E-state index contributed by atoms with van der Waals surface area (Å²) in [4.78, 5) is 14.9. The van der Waals surface area contributed by atoms with E-state index in [4.69, 9.17) is 10.5 Å². The molecule has 0 aliphatic carbocycles. The Hall–Kier alpha value is -2.23. The number of anilines is 1. The number of ketones is 1. The second-order valence-electron chi connectivity index (χ2n) is 3.36. The standard InChI is InChI=1S/C12H12N2O2/c1-16-12-9(3-2-4-10(12)13)11(15)8-5-6-14-7-8/h2-7,14H,13H2,1H3. The number of para-hydroxylation sites is 1. The molecule has 3 N–H and O–H groups in total. The van der Waals surface area contributed by atoms with Crippen LogP contribution in [0.25, 0.3) is 0 Å². The number of nitrogen functional groups attached to an aromatic ring is 1. The maximum Gasteiger partial charge on any atom is 0.198 e. The Morgan fingerprint density at radius 2 is 2.19 bits per heavy atom. The molecule has 2 aromatic rings. The summed E-state index contributed by atoms with van der Waals surface area (Å²) in [6, 6.07) is 6.85. The summed E-state index contributed by atoms with van der Waals surface area (Å²) in [7, 11) is 1.50. The second kappa shape index (κ2) is 4.10. The molecule has 0 aliphatic rings. The van der Waals surface area contributed by atoms with E-state index in [0.717, 1.165) is 0 Å². The van der Waals surface area contributed by atoms with Crippen molar-refractivity contribution < 1.29 is 9.53 Å². The van der Waals surface area contributed by atoms with Crippen molar-refractivity contribution in [2.45, 2.75) is 0 Å². The van der Waals surface area contributed by atoms with Gasteiger partial charge in [-0.2, -0.15) is 0 Å². The molecular weight excluding hydrogens is 204 g/mol. The number of hydrogen-bond acceptors (Lipinski definition) is 3. The van der Waals surface area contributed by atoms with E-state index in [2.05, 4.69) is 4.98 Å². The van der Waals surface area contributed by atoms with Gasteiger partial charge in [0.25, 0.3) is 0 Å². The molecule has 0 aliphatic heterocycles. The lowest BCUT2D eigenvalue weighted by molar-refractivity contribution is 0.103. The average molecular weight is 216 g/mol. The van der Waals surface area contributed by atoms with Gasteiger partial charge in [-0.15, -0.1) is 0 Å². The minimum Gasteiger partial charge on any atom is -0.494 e. The molecular formula is C12H12N2O2. The third-order valence-electron chi connectivity index (χ3n) is 2.35. The molecule has 0 radical (unpaired) electrons. The van der Waals surface area contributed by atoms with E-state index in [-0.39, 0.29) is 5.78 Å². The van der Waals surface area contributed by atoms with Gasteiger partial charge in [0, 0.05) is 18.0 Å². The lowest BCUT2D eigenvalue weighted by Gasteiger charge is -2.08. The van der Waals surface area contributed by atoms with Crippen molar-refractivity contribution in [3.05, 3.63) is 47.8 Å². The Morgan fingerprint density at radius 1 is 1.38 bits per heavy atom. The molecule has 16 heavy (non-hydrogen) atoms. The van der Waals surface area contributed by atoms with Crippen LogP contribution in [0.15, 0.2) is 36.7 Å². The Kier molecular flexibility index (Phi) is 2.64. The molecule has 0 saturated heterocycles. The molecule has 0 unspecified atom stereocenters. The number of ether oxygens (including phenoxy) is 1. The zero-order valence-electron chi connectivity index (χ0n) is 8.86. The van der Waals surface area contributed by atoms with E-state index in [0.29, 0.717) is 22.6 Å². The largest absolute Gasteiger partial charge is 0.494 e. The van der Waals surface area contributed by atoms with E-state index in [1.54, 1.807) is 36.7 Å². The number of nitrogens with two attached hydrogens (primary N) is 1. The number of nitrogens with one attached hydrogen (secondary N) is 1. The fourth-order valence-corrected chi connectivity index (χ4v) is 1.58. The maximum absolute atomic E-state index is 12.1. The molecule has 0 atom stereocenters. The number of carbonyl (C=O) groups is 1. The molecule has 0 spiro atoms. The Balaban J connectivity index is 2.48. The Labute approximate surface area is 93.0 Å². The van der Waals surface area contributed by atoms with Gasteiger partial charge in [-0.3, -0.25) is 4.79 Å². The second-order valence-corrected chi connectivity index (χ2v) is 3.36. The van der Waals surface area contributed by atoms with Crippen LogP contribution in [-0.4, -0.2) is 17.9 Å². The fraction of sp³-hybridized carbons (Fsp3) is 0.0833. The number of rotatable bonds is 3. The molecule has 0 amide bonds. The van der Waals surface area contributed by atoms with Crippen molar-refractivity contribution in [1.29, 1.82) is 0 Å². The van der Waals surface area contributed by atoms with Crippen molar-refractivity contribution in [3.63, 3.8) is 0 Å². The van der Waals surface area contributed by atoms with Crippen LogP contribution in [0.5, 0.6) is 5.75 Å². The van der Waals surface area contributed by atoms with Crippen LogP contribution in [0, 0.1) is 0 Å². The third kappa shape index (κ3) is 1.65. The van der Waals surface area contributed by atoms with Gasteiger partial charge in [0.05, 0.1) is 18.4 Å². The Bertz CT molecular complexity index is 504. The van der Waals surface area contributed by atoms with Gasteiger partial charge >= 0.3 is 0 Å². The molecule has 0 bridgehead atoms. The summed E-state index contributed by atoms with van der Waals surface area (Å²) in [6.07, 6.45) is 3.34. The van der Waals surface area contributed by atoms with E-state index in [9.17, 15) is 4.79 Å². The average Bonchev–Trinajstić information content (AvgIpc) is 2.81. The quantitative estimate of drug-likeness (QED) is 0.607. The number of hydrogen-bond donors (Lipinski definition) is 2. The summed E-state index contributed by atoms with van der Waals surface area (Å²) in [6.45, 7) is 0. The van der Waals surface area contributed by atoms with Gasteiger partial charge in [-0.25, -0.2) is 0 Å². The number of aromatic nitrogens is 1. The highest BCUT2D eigenvalue weighted by molar-refractivity contribution is 6.11. The molecule has 4 nitrogen and oxygen atoms in total. The van der Waals surface area contributed by atoms with Crippen LogP contribution < -0.4 is 10.5 Å². The normalized spacial score (nSPS) is 10.1. The fourth-order valence-electron chi connectivity index (χ4n) is 1.58. The van der Waals surface area contributed by atoms with Gasteiger partial charge < -0.3 is 15.5 Å². The number of methoxy groups -OCH3 is 1. The predicted molar refractivity (Wildman–Crippen MR) is 61.6 cm³/mol. The topological polar surface area (TPSA) is 68.1 Å². The van der Waals surface area contributed by atoms with Crippen LogP contribution in [0.4, 0.5) is 5.69 Å². The maximum atomic E-state index is 12.1. The van der Waals surface area contributed by atoms with Crippen LogP contribution in [0.3, 0.4) is 0 Å². The van der Waals surface area contributed by atoms with Crippen LogP contribution in [0.2, 0.25) is 0 Å². The number of benzene rings is 1. The molecule has 0 saturated carbocycles. The number of H-pyrrole nitrogens is 1. The van der Waals surface area contributed by atoms with E-state index < -0.39 is 0 Å². The molecule has 1 aromatic heterocycles. The summed E-state index contributed by atoms with van der Waals surface area (Å²) >= 11 is 0. The zero-order valence-corrected chi connectivity index (χ0v) is 8.86. The first kappa shape index (κ1) is 10.3. The highest BCUT2D eigenvalue weighted by Gasteiger charge is 2.16. The molecule has 0 fully saturated rings. The van der Waals surface area contributed by atoms with E-state index in [1.807, 2.05) is 0 Å². The first-order valence-corrected chi connectivity index (χ1v) is 4.84. The van der Waals surface area contributed by atoms with Crippen molar-refractivity contribution >= 4 is 11.5 Å². The lowest BCUT2D eigenvalue weighted by Crippen LogP contribution is -2.04. The SMILES string of the molecule is COc1c(N)cccc1C(=O)c1cc[nH]c1. The summed E-state index contributed by atoms with van der Waals surface area (Å²) in [5, 5.41) is 0. The minimum atomic E-state index is -0.106. The molecule has 2 rings (SSSR count). The van der Waals surface area contributed by atoms with E-state index >= 15 is 0 Å². The molecule has 1 aromatic carbocycles. The highest BCUT2D eigenvalue weighted by atomic mass is 16.5. The first-order valence-electron chi connectivity index (χ1n) is 4.84. The third-order valence-corrected chi connectivity index (χ3v) is 2.35. The van der Waals surface area contributed by atoms with Gasteiger partial charge in [0.1, 0.15) is 0 Å². The van der Waals surface area contributed by atoms with Gasteiger partial charge in [0.2, 0.25) is 0 Å². The van der Waals surface area contributed by atoms with Crippen molar-refractivity contribution in [3.8, 4) is 5.75 Å². The predicted octanol–water partition coefficient (Wildman–Crippen LogP) is 1.84. The smallest absolute Gasteiger partial charge is 0.198 e. The number of aromatic amines is 1. The van der Waals surface area contributed by atoms with Crippen molar-refractivity contribution in [1.82, 2.24) is 4.98 Å². The first-order chi connectivity index (χ1) is 7.74. The van der Waals surface area contributed by atoms with Gasteiger partial charge in [0.15, 0.2) is 11.5 Å². The zero-order chi connectivity index (χ0) is 11.5. The van der Waals surface area contributed by atoms with Crippen LogP contribution in [-0.2, 0) is 0 Å². The lowest BCUT2D eigenvalue weighted by atomic mass is 10.0. The minimum absolute atomic E-state index is 0.106. The monoisotopic (exact) mass is 216 g/mol. The van der Waals surface area contributed by atoms with Crippen molar-refractivity contribution in [2.24, 2.45) is 0 Å². The molecule has 1 heterocycles. The van der Waals surface area contributed by atoms with E-state index in [1.165, 1.54) is 7.11 Å².